The van der Waals surface area contributed by atoms with Crippen LogP contribution in [0.5, 0.6) is 0 Å². The first-order valence-corrected chi connectivity index (χ1v) is 6.87. The topological polar surface area (TPSA) is 52.7 Å². The van der Waals surface area contributed by atoms with Gasteiger partial charge in [-0.05, 0) is 26.0 Å². The van der Waals surface area contributed by atoms with Crippen molar-refractivity contribution in [3.05, 3.63) is 48.0 Å². The monoisotopic (exact) mass is 289 g/mol. The van der Waals surface area contributed by atoms with Gasteiger partial charge in [-0.3, -0.25) is 9.59 Å². The average Bonchev–Trinajstić information content (AvgIpc) is 2.44. The Morgan fingerprint density at radius 1 is 1.43 bits per heavy atom. The Morgan fingerprint density at radius 2 is 2.14 bits per heavy atom. The van der Waals surface area contributed by atoms with E-state index in [0.717, 1.165) is 11.4 Å². The van der Waals surface area contributed by atoms with Crippen LogP contribution in [0.2, 0.25) is 0 Å². The van der Waals surface area contributed by atoms with Crippen molar-refractivity contribution in [1.29, 1.82) is 0 Å². The van der Waals surface area contributed by atoms with Gasteiger partial charge in [-0.15, -0.1) is 0 Å². The Bertz CT molecular complexity index is 500. The molecular formula is C16H23N3O2. The van der Waals surface area contributed by atoms with Crippen molar-refractivity contribution in [2.24, 2.45) is 0 Å². The van der Waals surface area contributed by atoms with Gasteiger partial charge in [0.15, 0.2) is 0 Å². The fraction of sp³-hybridized carbons (Fsp3) is 0.375. The largest absolute Gasteiger partial charge is 0.354 e. The molecule has 0 spiro atoms. The molecule has 1 aliphatic rings. The Labute approximate surface area is 126 Å². The van der Waals surface area contributed by atoms with Crippen LogP contribution >= 0.6 is 0 Å². The molecule has 114 valence electrons. The zero-order chi connectivity index (χ0) is 15.8. The molecule has 1 rings (SSSR count). The van der Waals surface area contributed by atoms with Crippen molar-refractivity contribution >= 4 is 12.3 Å². The van der Waals surface area contributed by atoms with Gasteiger partial charge in [-0.1, -0.05) is 18.2 Å². The predicted octanol–water partition coefficient (Wildman–Crippen LogP) is 1.77. The third kappa shape index (κ3) is 5.30. The Balaban J connectivity index is 2.54. The second-order valence-electron chi connectivity index (χ2n) is 5.13. The Kier molecular flexibility index (Phi) is 6.46. The molecule has 0 aromatic rings. The molecule has 0 aliphatic carbocycles. The molecule has 1 aliphatic heterocycles. The summed E-state index contributed by atoms with van der Waals surface area (Å²) in [5.74, 6) is -0.161. The number of hydrogen-bond donors (Lipinski definition) is 1. The van der Waals surface area contributed by atoms with Crippen LogP contribution in [0.25, 0.3) is 0 Å². The zero-order valence-corrected chi connectivity index (χ0v) is 12.9. The number of likely N-dealkylation sites (N-methyl/N-ethyl adjacent to an activating group) is 1. The summed E-state index contributed by atoms with van der Waals surface area (Å²) in [6.07, 6.45) is 9.15. The van der Waals surface area contributed by atoms with E-state index < -0.39 is 0 Å². The number of amides is 2. The molecular weight excluding hydrogens is 266 g/mol. The van der Waals surface area contributed by atoms with Crippen LogP contribution in [0.1, 0.15) is 20.3 Å². The molecule has 0 bridgehead atoms. The lowest BCUT2D eigenvalue weighted by atomic mass is 10.1. The number of hydrogen-bond acceptors (Lipinski definition) is 3. The van der Waals surface area contributed by atoms with Crippen molar-refractivity contribution in [2.75, 3.05) is 20.1 Å². The van der Waals surface area contributed by atoms with Gasteiger partial charge < -0.3 is 15.1 Å². The van der Waals surface area contributed by atoms with Crippen LogP contribution in [0.3, 0.4) is 0 Å². The van der Waals surface area contributed by atoms with E-state index in [1.54, 1.807) is 7.05 Å². The summed E-state index contributed by atoms with van der Waals surface area (Å²) in [4.78, 5) is 25.4. The summed E-state index contributed by atoms with van der Waals surface area (Å²) in [6.45, 7) is 8.69. The Morgan fingerprint density at radius 3 is 2.71 bits per heavy atom. The van der Waals surface area contributed by atoms with Gasteiger partial charge >= 0.3 is 0 Å². The van der Waals surface area contributed by atoms with Gasteiger partial charge in [0.05, 0.1) is 6.54 Å². The number of carbonyl (C=O) groups is 2. The molecule has 1 N–H and O–H groups in total. The third-order valence-electron chi connectivity index (χ3n) is 3.07. The standard InChI is InChI=1S/C16H23N3O2/c1-13(2)15(19-10-6-5-7-14(19)3)8-9-17-16(21)11-18(4)12-20/h5-7,10,12H,3,8-9,11H2,1-2,4H3,(H,17,21). The molecule has 0 unspecified atom stereocenters. The van der Waals surface area contributed by atoms with Crippen molar-refractivity contribution in [3.63, 3.8) is 0 Å². The smallest absolute Gasteiger partial charge is 0.239 e. The maximum absolute atomic E-state index is 11.6. The molecule has 5 heteroatoms. The quantitative estimate of drug-likeness (QED) is 0.727. The second kappa shape index (κ2) is 8.09. The molecule has 0 saturated heterocycles. The molecule has 21 heavy (non-hydrogen) atoms. The van der Waals surface area contributed by atoms with Gasteiger partial charge in [0.25, 0.3) is 0 Å². The van der Waals surface area contributed by atoms with Gasteiger partial charge in [-0.25, -0.2) is 0 Å². The number of carbonyl (C=O) groups excluding carboxylic acids is 2. The molecule has 0 fully saturated rings. The predicted molar refractivity (Wildman–Crippen MR) is 84.0 cm³/mol. The molecule has 0 atom stereocenters. The molecule has 0 radical (unpaired) electrons. The van der Waals surface area contributed by atoms with Crippen LogP contribution in [-0.2, 0) is 9.59 Å². The molecule has 0 saturated carbocycles. The maximum Gasteiger partial charge on any atom is 0.239 e. The molecule has 5 nitrogen and oxygen atoms in total. The van der Waals surface area contributed by atoms with E-state index in [2.05, 4.69) is 11.9 Å². The van der Waals surface area contributed by atoms with Crippen LogP contribution in [0.15, 0.2) is 48.0 Å². The summed E-state index contributed by atoms with van der Waals surface area (Å²) in [6, 6.07) is 0. The minimum absolute atomic E-state index is 0.0761. The van der Waals surface area contributed by atoms with Crippen molar-refractivity contribution in [3.8, 4) is 0 Å². The van der Waals surface area contributed by atoms with Crippen molar-refractivity contribution in [2.45, 2.75) is 20.3 Å². The normalized spacial score (nSPS) is 13.1. The lowest BCUT2D eigenvalue weighted by Gasteiger charge is -2.27. The lowest BCUT2D eigenvalue weighted by molar-refractivity contribution is -0.127. The van der Waals surface area contributed by atoms with E-state index in [4.69, 9.17) is 0 Å². The third-order valence-corrected chi connectivity index (χ3v) is 3.07. The summed E-state index contributed by atoms with van der Waals surface area (Å²) >= 11 is 0. The lowest BCUT2D eigenvalue weighted by Crippen LogP contribution is -2.35. The maximum atomic E-state index is 11.6. The highest BCUT2D eigenvalue weighted by molar-refractivity contribution is 5.79. The van der Waals surface area contributed by atoms with E-state index >= 15 is 0 Å². The minimum Gasteiger partial charge on any atom is -0.354 e. The minimum atomic E-state index is -0.161. The SMILES string of the molecule is C=C1C=CC=CN1C(CCNC(=O)CN(C)C=O)=C(C)C. The average molecular weight is 289 g/mol. The first-order valence-electron chi connectivity index (χ1n) is 6.87. The molecule has 2 amide bonds. The van der Waals surface area contributed by atoms with Crippen LogP contribution in [0.4, 0.5) is 0 Å². The summed E-state index contributed by atoms with van der Waals surface area (Å²) in [5.41, 5.74) is 3.20. The van der Waals surface area contributed by atoms with Crippen LogP contribution < -0.4 is 5.32 Å². The van der Waals surface area contributed by atoms with Gasteiger partial charge in [-0.2, -0.15) is 0 Å². The highest BCUT2D eigenvalue weighted by atomic mass is 16.2. The molecule has 1 heterocycles. The number of nitrogens with zero attached hydrogens (tertiary/aromatic N) is 2. The number of nitrogens with one attached hydrogen (secondary N) is 1. The van der Waals surface area contributed by atoms with E-state index in [1.807, 2.05) is 43.2 Å². The fourth-order valence-corrected chi connectivity index (χ4v) is 1.99. The highest BCUT2D eigenvalue weighted by Crippen LogP contribution is 2.22. The second-order valence-corrected chi connectivity index (χ2v) is 5.13. The Hall–Kier alpha value is -2.30. The van der Waals surface area contributed by atoms with Gasteiger partial charge in [0.1, 0.15) is 0 Å². The van der Waals surface area contributed by atoms with Gasteiger partial charge in [0, 0.05) is 37.6 Å². The van der Waals surface area contributed by atoms with Crippen molar-refractivity contribution in [1.82, 2.24) is 15.1 Å². The van der Waals surface area contributed by atoms with E-state index in [9.17, 15) is 9.59 Å². The van der Waals surface area contributed by atoms with E-state index in [1.165, 1.54) is 10.5 Å². The number of allylic oxidation sites excluding steroid dienone is 4. The number of rotatable bonds is 7. The molecule has 0 aromatic carbocycles. The molecule has 0 aromatic heterocycles. The highest BCUT2D eigenvalue weighted by Gasteiger charge is 2.12. The van der Waals surface area contributed by atoms with Crippen LogP contribution in [0, 0.1) is 0 Å². The van der Waals surface area contributed by atoms with Gasteiger partial charge in [0.2, 0.25) is 12.3 Å². The van der Waals surface area contributed by atoms with E-state index in [-0.39, 0.29) is 12.5 Å². The summed E-state index contributed by atoms with van der Waals surface area (Å²) in [5, 5.41) is 2.82. The first-order chi connectivity index (χ1) is 9.95. The fourth-order valence-electron chi connectivity index (χ4n) is 1.99. The zero-order valence-electron chi connectivity index (χ0n) is 12.9. The van der Waals surface area contributed by atoms with Crippen LogP contribution in [-0.4, -0.2) is 42.3 Å². The van der Waals surface area contributed by atoms with Crippen molar-refractivity contribution < 1.29 is 9.59 Å². The first kappa shape index (κ1) is 16.8. The van der Waals surface area contributed by atoms with E-state index in [0.29, 0.717) is 19.4 Å². The summed E-state index contributed by atoms with van der Waals surface area (Å²) < 4.78 is 0. The summed E-state index contributed by atoms with van der Waals surface area (Å²) in [7, 11) is 1.57.